The molecular weight excluding hydrogens is 308 g/mol. The van der Waals surface area contributed by atoms with E-state index in [4.69, 9.17) is 4.74 Å². The van der Waals surface area contributed by atoms with Crippen molar-refractivity contribution < 1.29 is 9.53 Å². The van der Waals surface area contributed by atoms with Crippen LogP contribution < -0.4 is 5.19 Å². The van der Waals surface area contributed by atoms with Crippen LogP contribution in [0.4, 0.5) is 0 Å². The summed E-state index contributed by atoms with van der Waals surface area (Å²) in [6, 6.07) is 14.4. The fourth-order valence-corrected chi connectivity index (χ4v) is 5.46. The van der Waals surface area contributed by atoms with E-state index in [1.165, 1.54) is 12.3 Å². The molecule has 0 spiro atoms. The van der Waals surface area contributed by atoms with E-state index in [-0.39, 0.29) is 11.5 Å². The Morgan fingerprint density at radius 3 is 2.55 bits per heavy atom. The van der Waals surface area contributed by atoms with Crippen molar-refractivity contribution in [3.05, 3.63) is 52.7 Å². The van der Waals surface area contributed by atoms with E-state index < -0.39 is 8.07 Å². The molecule has 0 aliphatic rings. The molecule has 1 heterocycles. The van der Waals surface area contributed by atoms with Crippen LogP contribution in [0.25, 0.3) is 0 Å². The molecule has 0 aliphatic heterocycles. The molecule has 0 bridgehead atoms. The highest BCUT2D eigenvalue weighted by molar-refractivity contribution is 7.10. The molecule has 2 nitrogen and oxygen atoms in total. The summed E-state index contributed by atoms with van der Waals surface area (Å²) in [4.78, 5) is 12.8. The van der Waals surface area contributed by atoms with Crippen LogP contribution in [0.3, 0.4) is 0 Å². The number of thiophene rings is 1. The summed E-state index contributed by atoms with van der Waals surface area (Å²) in [6.07, 6.45) is 0.350. The van der Waals surface area contributed by atoms with Gasteiger partial charge in [0.2, 0.25) is 0 Å². The Labute approximate surface area is 137 Å². The van der Waals surface area contributed by atoms with Gasteiger partial charge >= 0.3 is 5.97 Å². The number of rotatable bonds is 4. The number of ether oxygens (including phenoxy) is 1. The van der Waals surface area contributed by atoms with Crippen molar-refractivity contribution in [2.24, 2.45) is 0 Å². The first-order valence-corrected chi connectivity index (χ1v) is 11.2. The van der Waals surface area contributed by atoms with Crippen molar-refractivity contribution in [2.75, 3.05) is 7.11 Å². The highest BCUT2D eigenvalue weighted by Crippen LogP contribution is 2.26. The van der Waals surface area contributed by atoms with Gasteiger partial charge in [0.15, 0.2) is 0 Å². The van der Waals surface area contributed by atoms with Gasteiger partial charge in [-0.25, -0.2) is 0 Å². The van der Waals surface area contributed by atoms with Crippen LogP contribution in [-0.4, -0.2) is 21.2 Å². The average Bonchev–Trinajstić information content (AvgIpc) is 3.05. The Kier molecular flexibility index (Phi) is 5.59. The molecule has 4 heteroatoms. The summed E-state index contributed by atoms with van der Waals surface area (Å²) in [5.74, 6) is 6.38. The lowest BCUT2D eigenvalue weighted by atomic mass is 10.3. The molecular formula is C18H20O2SSi. The number of esters is 1. The topological polar surface area (TPSA) is 26.3 Å². The summed E-state index contributed by atoms with van der Waals surface area (Å²) < 4.78 is 4.87. The lowest BCUT2D eigenvalue weighted by Crippen LogP contribution is -2.46. The first kappa shape index (κ1) is 16.5. The van der Waals surface area contributed by atoms with Gasteiger partial charge in [0, 0.05) is 5.54 Å². The number of hydrogen-bond acceptors (Lipinski definition) is 3. The van der Waals surface area contributed by atoms with Crippen LogP contribution in [0.1, 0.15) is 11.3 Å². The van der Waals surface area contributed by atoms with Gasteiger partial charge in [-0.05, 0) is 11.4 Å². The van der Waals surface area contributed by atoms with E-state index in [0.717, 1.165) is 4.88 Å². The largest absolute Gasteiger partial charge is 0.469 e. The summed E-state index contributed by atoms with van der Waals surface area (Å²) in [7, 11) is -0.457. The zero-order chi connectivity index (χ0) is 16.0. The number of hydrogen-bond donors (Lipinski definition) is 0. The zero-order valence-corrected chi connectivity index (χ0v) is 14.9. The molecule has 2 rings (SSSR count). The third-order valence-electron chi connectivity index (χ3n) is 3.88. The maximum absolute atomic E-state index is 11.8. The van der Waals surface area contributed by atoms with Gasteiger partial charge in [0.25, 0.3) is 0 Å². The number of benzene rings is 1. The smallest absolute Gasteiger partial charge is 0.306 e. The Hall–Kier alpha value is -1.83. The lowest BCUT2D eigenvalue weighted by Gasteiger charge is -2.28. The highest BCUT2D eigenvalue weighted by atomic mass is 32.1. The molecule has 0 fully saturated rings. The fourth-order valence-electron chi connectivity index (χ4n) is 2.31. The van der Waals surface area contributed by atoms with E-state index >= 15 is 0 Å². The molecule has 1 atom stereocenters. The maximum Gasteiger partial charge on any atom is 0.306 e. The van der Waals surface area contributed by atoms with Gasteiger partial charge in [-0.1, -0.05) is 66.5 Å². The van der Waals surface area contributed by atoms with Crippen molar-refractivity contribution in [3.63, 3.8) is 0 Å². The summed E-state index contributed by atoms with van der Waals surface area (Å²) >= 11 is 1.62. The maximum atomic E-state index is 11.8. The standard InChI is InChI=1S/C18H20O2SSi/c1-20-18(19)14-17(12-11-15-8-7-13-21-15)22(2,3)16-9-5-4-6-10-16/h4-10,13,17H,14H2,1-3H3/t17-/m0/s1. The van der Waals surface area contributed by atoms with Crippen molar-refractivity contribution in [1.29, 1.82) is 0 Å². The van der Waals surface area contributed by atoms with E-state index in [0.29, 0.717) is 6.42 Å². The minimum atomic E-state index is -1.89. The molecule has 0 unspecified atom stereocenters. The van der Waals surface area contributed by atoms with E-state index in [1.807, 2.05) is 35.7 Å². The number of carbonyl (C=O) groups excluding carboxylic acids is 1. The van der Waals surface area contributed by atoms with Crippen molar-refractivity contribution in [3.8, 4) is 11.8 Å². The van der Waals surface area contributed by atoms with Gasteiger partial charge < -0.3 is 4.74 Å². The van der Waals surface area contributed by atoms with Crippen LogP contribution in [-0.2, 0) is 9.53 Å². The number of methoxy groups -OCH3 is 1. The third kappa shape index (κ3) is 4.09. The van der Waals surface area contributed by atoms with Gasteiger partial charge in [-0.15, -0.1) is 11.3 Å². The second-order valence-corrected chi connectivity index (χ2v) is 11.3. The van der Waals surface area contributed by atoms with Crippen LogP contribution in [0.15, 0.2) is 47.8 Å². The zero-order valence-electron chi connectivity index (χ0n) is 13.1. The van der Waals surface area contributed by atoms with Crippen LogP contribution in [0.2, 0.25) is 18.6 Å². The van der Waals surface area contributed by atoms with Crippen LogP contribution in [0, 0.1) is 11.8 Å². The molecule has 0 saturated heterocycles. The molecule has 0 N–H and O–H groups in total. The molecule has 1 aromatic heterocycles. The molecule has 22 heavy (non-hydrogen) atoms. The molecule has 2 aromatic rings. The second kappa shape index (κ2) is 7.44. The number of carbonyl (C=O) groups is 1. The second-order valence-electron chi connectivity index (χ2n) is 5.67. The fraction of sp³-hybridized carbons (Fsp3) is 0.278. The molecule has 1 aromatic carbocycles. The Morgan fingerprint density at radius 1 is 1.23 bits per heavy atom. The summed E-state index contributed by atoms with van der Waals surface area (Å²) in [6.45, 7) is 4.53. The predicted molar refractivity (Wildman–Crippen MR) is 95.1 cm³/mol. The minimum Gasteiger partial charge on any atom is -0.469 e. The molecule has 114 valence electrons. The normalized spacial score (nSPS) is 12.1. The predicted octanol–water partition coefficient (Wildman–Crippen LogP) is 3.65. The quantitative estimate of drug-likeness (QED) is 0.486. The summed E-state index contributed by atoms with van der Waals surface area (Å²) in [5, 5.41) is 3.32. The molecule has 0 radical (unpaired) electrons. The van der Waals surface area contributed by atoms with E-state index in [2.05, 4.69) is 37.1 Å². The average molecular weight is 329 g/mol. The Bertz CT molecular complexity index is 666. The van der Waals surface area contributed by atoms with Crippen molar-refractivity contribution in [2.45, 2.75) is 25.1 Å². The van der Waals surface area contributed by atoms with Crippen molar-refractivity contribution >= 4 is 30.6 Å². The highest BCUT2D eigenvalue weighted by Gasteiger charge is 2.34. The molecule has 0 amide bonds. The Morgan fingerprint density at radius 2 is 1.95 bits per heavy atom. The van der Waals surface area contributed by atoms with Gasteiger partial charge in [-0.2, -0.15) is 0 Å². The van der Waals surface area contributed by atoms with Gasteiger partial charge in [-0.3, -0.25) is 4.79 Å². The lowest BCUT2D eigenvalue weighted by molar-refractivity contribution is -0.140. The first-order valence-electron chi connectivity index (χ1n) is 7.21. The van der Waals surface area contributed by atoms with E-state index in [9.17, 15) is 4.79 Å². The summed E-state index contributed by atoms with van der Waals surface area (Å²) in [5.41, 5.74) is 0.0319. The van der Waals surface area contributed by atoms with Crippen LogP contribution in [0.5, 0.6) is 0 Å². The third-order valence-corrected chi connectivity index (χ3v) is 8.58. The SMILES string of the molecule is COC(=O)C[C@H](C#Cc1cccs1)[Si](C)(C)c1ccccc1. The minimum absolute atomic E-state index is 0.0319. The van der Waals surface area contributed by atoms with Crippen LogP contribution >= 0.6 is 11.3 Å². The Balaban J connectivity index is 2.33. The first-order chi connectivity index (χ1) is 10.5. The van der Waals surface area contributed by atoms with Crippen molar-refractivity contribution in [1.82, 2.24) is 0 Å². The molecule has 0 aliphatic carbocycles. The van der Waals surface area contributed by atoms with E-state index in [1.54, 1.807) is 11.3 Å². The monoisotopic (exact) mass is 328 g/mol. The van der Waals surface area contributed by atoms with Gasteiger partial charge in [0.1, 0.15) is 0 Å². The van der Waals surface area contributed by atoms with Gasteiger partial charge in [0.05, 0.1) is 26.5 Å². The molecule has 0 saturated carbocycles.